The van der Waals surface area contributed by atoms with E-state index in [9.17, 15) is 9.18 Å². The van der Waals surface area contributed by atoms with E-state index in [1.165, 1.54) is 23.6 Å². The predicted molar refractivity (Wildman–Crippen MR) is 102 cm³/mol. The van der Waals surface area contributed by atoms with Crippen LogP contribution in [0.1, 0.15) is 36.4 Å². The number of hydrogen-bond donors (Lipinski definition) is 2. The van der Waals surface area contributed by atoms with E-state index < -0.39 is 5.54 Å². The fourth-order valence-corrected chi connectivity index (χ4v) is 3.05. The van der Waals surface area contributed by atoms with Crippen molar-refractivity contribution in [3.8, 4) is 10.6 Å². The van der Waals surface area contributed by atoms with Crippen LogP contribution in [0.3, 0.4) is 0 Å². The SMILES string of the molecule is CCC(CC)(CN)NC(=O)c1cnc(-c2ccccc2F)s1.Cl.Cl. The Morgan fingerprint density at radius 2 is 1.92 bits per heavy atom. The van der Waals surface area contributed by atoms with Gasteiger partial charge in [-0.2, -0.15) is 0 Å². The van der Waals surface area contributed by atoms with Gasteiger partial charge in [0, 0.05) is 12.1 Å². The van der Waals surface area contributed by atoms with Gasteiger partial charge in [0.2, 0.25) is 0 Å². The van der Waals surface area contributed by atoms with Crippen LogP contribution in [0.2, 0.25) is 0 Å². The lowest BCUT2D eigenvalue weighted by Gasteiger charge is -2.31. The summed E-state index contributed by atoms with van der Waals surface area (Å²) in [7, 11) is 0. The van der Waals surface area contributed by atoms with E-state index in [1.54, 1.807) is 18.2 Å². The number of nitrogens with one attached hydrogen (secondary N) is 1. The molecule has 3 N–H and O–H groups in total. The smallest absolute Gasteiger partial charge is 0.263 e. The topological polar surface area (TPSA) is 68.0 Å². The Kier molecular flexibility index (Phi) is 9.43. The first-order valence-corrected chi connectivity index (χ1v) is 8.10. The van der Waals surface area contributed by atoms with Gasteiger partial charge in [-0.3, -0.25) is 4.79 Å². The molecule has 134 valence electrons. The van der Waals surface area contributed by atoms with Crippen molar-refractivity contribution in [1.29, 1.82) is 0 Å². The van der Waals surface area contributed by atoms with E-state index in [1.807, 2.05) is 13.8 Å². The van der Waals surface area contributed by atoms with Crippen LogP contribution in [0.25, 0.3) is 10.6 Å². The van der Waals surface area contributed by atoms with Gasteiger partial charge in [0.1, 0.15) is 15.7 Å². The minimum atomic E-state index is -0.404. The van der Waals surface area contributed by atoms with Gasteiger partial charge in [0.05, 0.1) is 11.7 Å². The molecule has 2 aromatic rings. The van der Waals surface area contributed by atoms with Crippen LogP contribution < -0.4 is 11.1 Å². The van der Waals surface area contributed by atoms with Crippen LogP contribution in [0, 0.1) is 5.82 Å². The van der Waals surface area contributed by atoms with Gasteiger partial charge in [-0.25, -0.2) is 9.37 Å². The molecule has 0 spiro atoms. The summed E-state index contributed by atoms with van der Waals surface area (Å²) in [5.41, 5.74) is 5.80. The molecule has 0 aliphatic heterocycles. The van der Waals surface area contributed by atoms with E-state index in [0.29, 0.717) is 22.0 Å². The second-order valence-corrected chi connectivity index (χ2v) is 6.19. The highest BCUT2D eigenvalue weighted by atomic mass is 35.5. The van der Waals surface area contributed by atoms with E-state index in [-0.39, 0.29) is 36.5 Å². The zero-order valence-electron chi connectivity index (χ0n) is 13.5. The highest BCUT2D eigenvalue weighted by molar-refractivity contribution is 7.16. The molecule has 8 heteroatoms. The second-order valence-electron chi connectivity index (χ2n) is 5.16. The quantitative estimate of drug-likeness (QED) is 0.777. The lowest BCUT2D eigenvalue weighted by molar-refractivity contribution is 0.0899. The zero-order valence-corrected chi connectivity index (χ0v) is 16.0. The van der Waals surface area contributed by atoms with Crippen molar-refractivity contribution in [2.75, 3.05) is 6.54 Å². The molecule has 0 aliphatic rings. The molecule has 0 fully saturated rings. The number of rotatable bonds is 6. The Balaban J connectivity index is 0.00000264. The average molecular weight is 394 g/mol. The molecule has 4 nitrogen and oxygen atoms in total. The highest BCUT2D eigenvalue weighted by Crippen LogP contribution is 2.27. The monoisotopic (exact) mass is 393 g/mol. The number of thiazole rings is 1. The summed E-state index contributed by atoms with van der Waals surface area (Å²) in [6, 6.07) is 6.40. The Labute approximate surface area is 157 Å². The van der Waals surface area contributed by atoms with Crippen molar-refractivity contribution >= 4 is 42.1 Å². The molecule has 24 heavy (non-hydrogen) atoms. The molecule has 1 heterocycles. The summed E-state index contributed by atoms with van der Waals surface area (Å²) in [6.07, 6.45) is 2.99. The molecule has 0 radical (unpaired) electrons. The van der Waals surface area contributed by atoms with Crippen LogP contribution in [-0.4, -0.2) is 23.0 Å². The standard InChI is InChI=1S/C16H20FN3OS.2ClH/c1-3-16(4-2,10-18)20-14(21)13-9-19-15(22-13)11-7-5-6-8-12(11)17;;/h5-9H,3-4,10,18H2,1-2H3,(H,20,21);2*1H. The molecular formula is C16H22Cl2FN3OS. The van der Waals surface area contributed by atoms with Gasteiger partial charge in [-0.05, 0) is 25.0 Å². The first-order valence-electron chi connectivity index (χ1n) is 7.28. The number of carbonyl (C=O) groups excluding carboxylic acids is 1. The third kappa shape index (κ3) is 4.89. The number of aromatic nitrogens is 1. The van der Waals surface area contributed by atoms with E-state index in [2.05, 4.69) is 10.3 Å². The Morgan fingerprint density at radius 1 is 1.29 bits per heavy atom. The molecule has 0 saturated heterocycles. The number of halogens is 3. The summed E-state index contributed by atoms with van der Waals surface area (Å²) in [5, 5.41) is 3.48. The largest absolute Gasteiger partial charge is 0.345 e. The second kappa shape index (κ2) is 9.93. The van der Waals surface area contributed by atoms with Crippen LogP contribution >= 0.6 is 36.2 Å². The van der Waals surface area contributed by atoms with Crippen molar-refractivity contribution < 1.29 is 9.18 Å². The zero-order chi connectivity index (χ0) is 16.2. The number of nitrogens with zero attached hydrogens (tertiary/aromatic N) is 1. The maximum absolute atomic E-state index is 13.8. The fourth-order valence-electron chi connectivity index (χ4n) is 2.21. The number of carbonyl (C=O) groups is 1. The number of nitrogens with two attached hydrogens (primary N) is 1. The molecule has 0 atom stereocenters. The maximum Gasteiger partial charge on any atom is 0.263 e. The van der Waals surface area contributed by atoms with Crippen molar-refractivity contribution in [3.05, 3.63) is 41.2 Å². The van der Waals surface area contributed by atoms with Crippen LogP contribution in [0.15, 0.2) is 30.5 Å². The van der Waals surface area contributed by atoms with Gasteiger partial charge in [-0.1, -0.05) is 26.0 Å². The van der Waals surface area contributed by atoms with Gasteiger partial charge >= 0.3 is 0 Å². The maximum atomic E-state index is 13.8. The van der Waals surface area contributed by atoms with Crippen LogP contribution in [0.4, 0.5) is 4.39 Å². The Morgan fingerprint density at radius 3 is 2.46 bits per heavy atom. The summed E-state index contributed by atoms with van der Waals surface area (Å²) >= 11 is 1.18. The van der Waals surface area contributed by atoms with Crippen LogP contribution in [0.5, 0.6) is 0 Å². The lowest BCUT2D eigenvalue weighted by atomic mass is 9.93. The number of hydrogen-bond acceptors (Lipinski definition) is 4. The molecule has 1 amide bonds. The number of amides is 1. The molecule has 1 aromatic carbocycles. The lowest BCUT2D eigenvalue weighted by Crippen LogP contribution is -2.52. The van der Waals surface area contributed by atoms with E-state index in [0.717, 1.165) is 12.8 Å². The molecule has 0 saturated carbocycles. The summed E-state index contributed by atoms with van der Waals surface area (Å²) in [4.78, 5) is 17.0. The van der Waals surface area contributed by atoms with Crippen molar-refractivity contribution in [1.82, 2.24) is 10.3 Å². The van der Waals surface area contributed by atoms with Crippen LogP contribution in [-0.2, 0) is 0 Å². The Bertz CT molecular complexity index is 654. The van der Waals surface area contributed by atoms with Gasteiger partial charge < -0.3 is 11.1 Å². The average Bonchev–Trinajstić information content (AvgIpc) is 3.03. The molecular weight excluding hydrogens is 372 g/mol. The van der Waals surface area contributed by atoms with Crippen molar-refractivity contribution in [2.24, 2.45) is 5.73 Å². The minimum absolute atomic E-state index is 0. The summed E-state index contributed by atoms with van der Waals surface area (Å²) < 4.78 is 13.8. The number of benzene rings is 1. The first kappa shape index (κ1) is 22.8. The third-order valence-electron chi connectivity index (χ3n) is 3.96. The van der Waals surface area contributed by atoms with E-state index in [4.69, 9.17) is 5.73 Å². The fraction of sp³-hybridized carbons (Fsp3) is 0.375. The molecule has 0 aliphatic carbocycles. The predicted octanol–water partition coefficient (Wildman–Crippen LogP) is 4.04. The van der Waals surface area contributed by atoms with E-state index >= 15 is 0 Å². The van der Waals surface area contributed by atoms with Gasteiger partial charge in [0.15, 0.2) is 0 Å². The van der Waals surface area contributed by atoms with Gasteiger partial charge in [0.25, 0.3) is 5.91 Å². The van der Waals surface area contributed by atoms with Crippen molar-refractivity contribution in [3.63, 3.8) is 0 Å². The molecule has 0 unspecified atom stereocenters. The van der Waals surface area contributed by atoms with Gasteiger partial charge in [-0.15, -0.1) is 36.2 Å². The van der Waals surface area contributed by atoms with Crippen molar-refractivity contribution in [2.45, 2.75) is 32.2 Å². The molecule has 1 aromatic heterocycles. The third-order valence-corrected chi connectivity index (χ3v) is 4.99. The summed E-state index contributed by atoms with van der Waals surface area (Å²) in [5.74, 6) is -0.559. The highest BCUT2D eigenvalue weighted by Gasteiger charge is 2.27. The first-order chi connectivity index (χ1) is 10.5. The minimum Gasteiger partial charge on any atom is -0.345 e. The molecule has 0 bridgehead atoms. The molecule has 2 rings (SSSR count). The normalized spacial score (nSPS) is 10.5. The summed E-state index contributed by atoms with van der Waals surface area (Å²) in [6.45, 7) is 4.37. The Hall–Kier alpha value is -1.21.